The number of piperazine rings is 1. The van der Waals surface area contributed by atoms with Crippen molar-refractivity contribution in [2.24, 2.45) is 0 Å². The number of rotatable bonds is 4. The fourth-order valence-corrected chi connectivity index (χ4v) is 4.12. The molecule has 1 fully saturated rings. The van der Waals surface area contributed by atoms with Gasteiger partial charge in [0.05, 0.1) is 0 Å². The molecule has 1 unspecified atom stereocenters. The maximum atomic E-state index is 13.3. The minimum Gasteiger partial charge on any atom is -0.367 e. The SMILES string of the molecule is CC1CCc2ccccc2N1CCN1CCN(c2cccc(F)n2)CC1. The van der Waals surface area contributed by atoms with E-state index < -0.39 is 5.95 Å². The highest BCUT2D eigenvalue weighted by molar-refractivity contribution is 5.56. The molecular formula is C21H27FN4. The van der Waals surface area contributed by atoms with Crippen LogP contribution in [0.2, 0.25) is 0 Å². The van der Waals surface area contributed by atoms with E-state index in [-0.39, 0.29) is 0 Å². The summed E-state index contributed by atoms with van der Waals surface area (Å²) in [4.78, 5) is 11.3. The van der Waals surface area contributed by atoms with Crippen LogP contribution < -0.4 is 9.80 Å². The quantitative estimate of drug-likeness (QED) is 0.787. The molecule has 0 aliphatic carbocycles. The van der Waals surface area contributed by atoms with Gasteiger partial charge in [-0.25, -0.2) is 4.98 Å². The molecule has 0 spiro atoms. The van der Waals surface area contributed by atoms with E-state index in [1.54, 1.807) is 6.07 Å². The summed E-state index contributed by atoms with van der Waals surface area (Å²) in [6, 6.07) is 14.4. The van der Waals surface area contributed by atoms with Crippen LogP contribution in [0.1, 0.15) is 18.9 Å². The van der Waals surface area contributed by atoms with Crippen molar-refractivity contribution in [2.45, 2.75) is 25.8 Å². The average Bonchev–Trinajstić information content (AvgIpc) is 2.68. The maximum Gasteiger partial charge on any atom is 0.214 e. The van der Waals surface area contributed by atoms with Gasteiger partial charge in [-0.15, -0.1) is 0 Å². The normalized spacial score (nSPS) is 20.9. The van der Waals surface area contributed by atoms with E-state index in [0.717, 1.165) is 45.1 Å². The van der Waals surface area contributed by atoms with Crippen molar-refractivity contribution >= 4 is 11.5 Å². The zero-order valence-electron chi connectivity index (χ0n) is 15.4. The van der Waals surface area contributed by atoms with Crippen LogP contribution in [-0.4, -0.2) is 55.2 Å². The topological polar surface area (TPSA) is 22.6 Å². The van der Waals surface area contributed by atoms with Crippen LogP contribution >= 0.6 is 0 Å². The third-order valence-corrected chi connectivity index (χ3v) is 5.72. The highest BCUT2D eigenvalue weighted by atomic mass is 19.1. The van der Waals surface area contributed by atoms with E-state index >= 15 is 0 Å². The lowest BCUT2D eigenvalue weighted by Gasteiger charge is -2.40. The van der Waals surface area contributed by atoms with Gasteiger partial charge in [-0.2, -0.15) is 4.39 Å². The monoisotopic (exact) mass is 354 g/mol. The molecule has 1 saturated heterocycles. The number of hydrogen-bond donors (Lipinski definition) is 0. The minimum absolute atomic E-state index is 0.400. The summed E-state index contributed by atoms with van der Waals surface area (Å²) < 4.78 is 13.3. The van der Waals surface area contributed by atoms with Crippen LogP contribution in [-0.2, 0) is 6.42 Å². The number of aromatic nitrogens is 1. The zero-order chi connectivity index (χ0) is 17.9. The molecule has 1 aromatic carbocycles. The van der Waals surface area contributed by atoms with Gasteiger partial charge in [0.15, 0.2) is 0 Å². The molecule has 0 N–H and O–H groups in total. The molecule has 4 rings (SSSR count). The molecule has 5 heteroatoms. The molecule has 26 heavy (non-hydrogen) atoms. The number of halogens is 1. The molecule has 2 aromatic rings. The van der Waals surface area contributed by atoms with Crippen molar-refractivity contribution in [3.05, 3.63) is 54.0 Å². The summed E-state index contributed by atoms with van der Waals surface area (Å²) in [5, 5.41) is 0. The lowest BCUT2D eigenvalue weighted by atomic mass is 9.96. The predicted molar refractivity (Wildman–Crippen MR) is 104 cm³/mol. The second-order valence-corrected chi connectivity index (χ2v) is 7.36. The van der Waals surface area contributed by atoms with Gasteiger partial charge in [0.25, 0.3) is 0 Å². The first kappa shape index (κ1) is 17.3. The van der Waals surface area contributed by atoms with Crippen molar-refractivity contribution < 1.29 is 4.39 Å². The Kier molecular flexibility index (Phi) is 5.07. The van der Waals surface area contributed by atoms with E-state index in [1.807, 2.05) is 6.07 Å². The lowest BCUT2D eigenvalue weighted by Crippen LogP contribution is -2.50. The van der Waals surface area contributed by atoms with E-state index in [0.29, 0.717) is 6.04 Å². The molecule has 2 aliphatic heterocycles. The number of fused-ring (bicyclic) bond motifs is 1. The Labute approximate surface area is 155 Å². The summed E-state index contributed by atoms with van der Waals surface area (Å²) in [6.45, 7) is 8.29. The van der Waals surface area contributed by atoms with Crippen molar-refractivity contribution in [3.63, 3.8) is 0 Å². The predicted octanol–water partition coefficient (Wildman–Crippen LogP) is 3.18. The van der Waals surface area contributed by atoms with E-state index in [4.69, 9.17) is 0 Å². The Bertz CT molecular complexity index is 742. The Morgan fingerprint density at radius 1 is 1.00 bits per heavy atom. The second kappa shape index (κ2) is 7.62. The average molecular weight is 354 g/mol. The largest absolute Gasteiger partial charge is 0.367 e. The Balaban J connectivity index is 1.33. The standard InChI is InChI=1S/C21H27FN4/c1-17-9-10-18-5-2-3-6-19(18)26(17)16-13-24-11-14-25(15-12-24)21-8-4-7-20(22)23-21/h2-8,17H,9-16H2,1H3. The van der Waals surface area contributed by atoms with E-state index in [1.165, 1.54) is 30.2 Å². The molecule has 0 saturated carbocycles. The van der Waals surface area contributed by atoms with Gasteiger partial charge in [0, 0.05) is 51.0 Å². The first-order valence-electron chi connectivity index (χ1n) is 9.65. The molecular weight excluding hydrogens is 327 g/mol. The number of anilines is 2. The van der Waals surface area contributed by atoms with Crippen LogP contribution in [0.5, 0.6) is 0 Å². The van der Waals surface area contributed by atoms with Crippen molar-refractivity contribution in [3.8, 4) is 0 Å². The Hall–Kier alpha value is -2.14. The van der Waals surface area contributed by atoms with Gasteiger partial charge in [-0.05, 0) is 43.5 Å². The van der Waals surface area contributed by atoms with Crippen LogP contribution in [0.3, 0.4) is 0 Å². The smallest absolute Gasteiger partial charge is 0.214 e. The third kappa shape index (κ3) is 3.68. The fourth-order valence-electron chi connectivity index (χ4n) is 4.12. The lowest BCUT2D eigenvalue weighted by molar-refractivity contribution is 0.259. The summed E-state index contributed by atoms with van der Waals surface area (Å²) in [6.07, 6.45) is 2.42. The molecule has 0 amide bonds. The number of hydrogen-bond acceptors (Lipinski definition) is 4. The van der Waals surface area contributed by atoms with Crippen LogP contribution in [0.25, 0.3) is 0 Å². The summed E-state index contributed by atoms with van der Waals surface area (Å²) in [5.41, 5.74) is 2.89. The van der Waals surface area contributed by atoms with Crippen LogP contribution in [0.15, 0.2) is 42.5 Å². The Morgan fingerprint density at radius 3 is 2.62 bits per heavy atom. The molecule has 2 aliphatic rings. The third-order valence-electron chi connectivity index (χ3n) is 5.72. The van der Waals surface area contributed by atoms with Gasteiger partial charge in [0.1, 0.15) is 5.82 Å². The molecule has 0 bridgehead atoms. The number of benzene rings is 1. The second-order valence-electron chi connectivity index (χ2n) is 7.36. The van der Waals surface area contributed by atoms with Gasteiger partial charge in [0.2, 0.25) is 5.95 Å². The van der Waals surface area contributed by atoms with Gasteiger partial charge >= 0.3 is 0 Å². The van der Waals surface area contributed by atoms with Crippen molar-refractivity contribution in [1.82, 2.24) is 9.88 Å². The van der Waals surface area contributed by atoms with Crippen molar-refractivity contribution in [1.29, 1.82) is 0 Å². The molecule has 3 heterocycles. The van der Waals surface area contributed by atoms with Crippen molar-refractivity contribution in [2.75, 3.05) is 49.1 Å². The van der Waals surface area contributed by atoms with E-state index in [9.17, 15) is 4.39 Å². The first-order valence-corrected chi connectivity index (χ1v) is 9.65. The molecule has 1 aromatic heterocycles. The van der Waals surface area contributed by atoms with Crippen LogP contribution in [0.4, 0.5) is 15.9 Å². The van der Waals surface area contributed by atoms with Crippen LogP contribution in [0, 0.1) is 5.95 Å². The number of nitrogens with zero attached hydrogens (tertiary/aromatic N) is 4. The molecule has 138 valence electrons. The maximum absolute atomic E-state index is 13.3. The minimum atomic E-state index is -0.400. The zero-order valence-corrected chi connectivity index (χ0v) is 15.4. The Morgan fingerprint density at radius 2 is 1.81 bits per heavy atom. The van der Waals surface area contributed by atoms with Gasteiger partial charge in [-0.3, -0.25) is 4.90 Å². The summed E-state index contributed by atoms with van der Waals surface area (Å²) in [5.74, 6) is 0.353. The number of pyridine rings is 1. The fraction of sp³-hybridized carbons (Fsp3) is 0.476. The highest BCUT2D eigenvalue weighted by Crippen LogP contribution is 2.30. The van der Waals surface area contributed by atoms with Gasteiger partial charge < -0.3 is 9.80 Å². The van der Waals surface area contributed by atoms with Gasteiger partial charge in [-0.1, -0.05) is 24.3 Å². The molecule has 0 radical (unpaired) electrons. The molecule has 1 atom stereocenters. The molecule has 4 nitrogen and oxygen atoms in total. The first-order chi connectivity index (χ1) is 12.7. The number of aryl methyl sites for hydroxylation is 1. The highest BCUT2D eigenvalue weighted by Gasteiger charge is 2.24. The van der Waals surface area contributed by atoms with E-state index in [2.05, 4.69) is 50.9 Å². The number of para-hydroxylation sites is 1. The summed E-state index contributed by atoms with van der Waals surface area (Å²) >= 11 is 0. The summed E-state index contributed by atoms with van der Waals surface area (Å²) in [7, 11) is 0.